The lowest BCUT2D eigenvalue weighted by atomic mass is 9.98. The van der Waals surface area contributed by atoms with Gasteiger partial charge in [0.25, 0.3) is 0 Å². The molecule has 26 heavy (non-hydrogen) atoms. The quantitative estimate of drug-likeness (QED) is 0.802. The van der Waals surface area contributed by atoms with E-state index >= 15 is 0 Å². The summed E-state index contributed by atoms with van der Waals surface area (Å²) in [5.74, 6) is -1.20. The van der Waals surface area contributed by atoms with E-state index in [-0.39, 0.29) is 18.9 Å². The van der Waals surface area contributed by atoms with Crippen LogP contribution in [-0.2, 0) is 32.1 Å². The van der Waals surface area contributed by atoms with E-state index in [1.807, 2.05) is 48.5 Å². The summed E-state index contributed by atoms with van der Waals surface area (Å²) < 4.78 is 5.12. The summed E-state index contributed by atoms with van der Waals surface area (Å²) in [6, 6.07) is 14.9. The molecule has 0 spiro atoms. The van der Waals surface area contributed by atoms with Gasteiger partial charge in [0.15, 0.2) is 6.04 Å². The topological polar surface area (TPSA) is 84.5 Å². The molecule has 0 saturated heterocycles. The first-order chi connectivity index (χ1) is 12.5. The summed E-state index contributed by atoms with van der Waals surface area (Å²) in [6.07, 6.45) is 0.187. The number of carbonyl (C=O) groups is 3. The molecular formula is C20H20N2O4. The summed E-state index contributed by atoms with van der Waals surface area (Å²) >= 11 is 0. The van der Waals surface area contributed by atoms with Crippen LogP contribution in [0.5, 0.6) is 0 Å². The summed E-state index contributed by atoms with van der Waals surface area (Å²) in [5, 5.41) is 5.32. The highest BCUT2D eigenvalue weighted by Gasteiger charge is 2.31. The Morgan fingerprint density at radius 2 is 1.81 bits per heavy atom. The molecule has 1 aliphatic rings. The molecule has 0 saturated carbocycles. The Hall–Kier alpha value is -3.15. The van der Waals surface area contributed by atoms with Gasteiger partial charge in [0.1, 0.15) is 12.6 Å². The maximum absolute atomic E-state index is 12.4. The lowest BCUT2D eigenvalue weighted by molar-refractivity contribution is -0.151. The Balaban J connectivity index is 1.61. The minimum absolute atomic E-state index is 0.187. The van der Waals surface area contributed by atoms with Gasteiger partial charge < -0.3 is 15.4 Å². The van der Waals surface area contributed by atoms with Crippen LogP contribution in [0.1, 0.15) is 29.7 Å². The maximum Gasteiger partial charge on any atom is 0.333 e. The third kappa shape index (κ3) is 4.08. The predicted octanol–water partition coefficient (Wildman–Crippen LogP) is 1.65. The van der Waals surface area contributed by atoms with Gasteiger partial charge >= 0.3 is 5.97 Å². The van der Waals surface area contributed by atoms with Crippen molar-refractivity contribution >= 4 is 17.8 Å². The zero-order valence-corrected chi connectivity index (χ0v) is 14.4. The highest BCUT2D eigenvalue weighted by atomic mass is 16.5. The highest BCUT2D eigenvalue weighted by molar-refractivity contribution is 5.91. The molecule has 0 aromatic heterocycles. The third-order valence-corrected chi connectivity index (χ3v) is 4.24. The number of rotatable bonds is 5. The molecule has 2 aromatic rings. The fourth-order valence-electron chi connectivity index (χ4n) is 2.85. The van der Waals surface area contributed by atoms with Gasteiger partial charge in [-0.15, -0.1) is 0 Å². The second-order valence-corrected chi connectivity index (χ2v) is 6.20. The van der Waals surface area contributed by atoms with Crippen LogP contribution in [0.2, 0.25) is 0 Å². The van der Waals surface area contributed by atoms with Gasteiger partial charge in [-0.3, -0.25) is 9.59 Å². The number of benzene rings is 2. The smallest absolute Gasteiger partial charge is 0.333 e. The van der Waals surface area contributed by atoms with Crippen molar-refractivity contribution in [3.8, 4) is 0 Å². The lowest BCUT2D eigenvalue weighted by Gasteiger charge is -2.26. The number of amides is 2. The molecule has 1 unspecified atom stereocenters. The Labute approximate surface area is 151 Å². The lowest BCUT2D eigenvalue weighted by Crippen LogP contribution is -2.48. The molecule has 0 aliphatic carbocycles. The van der Waals surface area contributed by atoms with Crippen molar-refractivity contribution in [1.82, 2.24) is 10.6 Å². The maximum atomic E-state index is 12.4. The number of carbonyl (C=O) groups excluding carboxylic acids is 3. The van der Waals surface area contributed by atoms with E-state index in [1.54, 1.807) is 13.0 Å². The van der Waals surface area contributed by atoms with E-state index in [0.29, 0.717) is 0 Å². The number of nitrogens with one attached hydrogen (secondary N) is 2. The van der Waals surface area contributed by atoms with Gasteiger partial charge in [-0.1, -0.05) is 54.6 Å². The Morgan fingerprint density at radius 3 is 2.58 bits per heavy atom. The standard InChI is InChI=1S/C20H20N2O4/c1-13(21-17(23)11-14-7-3-2-4-8-14)19(24)22-18-16-10-6-5-9-15(16)12-26-20(18)25/h2-10,13,18H,11-12H2,1H3,(H,21,23)(H,22,24)/t13-,18?/m0/s1. The first-order valence-corrected chi connectivity index (χ1v) is 8.42. The number of ether oxygens (including phenoxy) is 1. The van der Waals surface area contributed by atoms with E-state index in [2.05, 4.69) is 10.6 Å². The van der Waals surface area contributed by atoms with E-state index in [9.17, 15) is 14.4 Å². The van der Waals surface area contributed by atoms with Gasteiger partial charge in [0, 0.05) is 0 Å². The molecule has 3 rings (SSSR count). The number of esters is 1. The zero-order chi connectivity index (χ0) is 18.5. The van der Waals surface area contributed by atoms with E-state index in [4.69, 9.17) is 4.74 Å². The van der Waals surface area contributed by atoms with Crippen LogP contribution in [0.15, 0.2) is 54.6 Å². The van der Waals surface area contributed by atoms with Crippen LogP contribution >= 0.6 is 0 Å². The zero-order valence-electron chi connectivity index (χ0n) is 14.4. The molecule has 134 valence electrons. The van der Waals surface area contributed by atoms with Crippen molar-refractivity contribution in [1.29, 1.82) is 0 Å². The Kier molecular flexibility index (Phi) is 5.31. The summed E-state index contributed by atoms with van der Waals surface area (Å²) in [4.78, 5) is 36.6. The van der Waals surface area contributed by atoms with Crippen LogP contribution in [-0.4, -0.2) is 23.8 Å². The molecule has 6 heteroatoms. The monoisotopic (exact) mass is 352 g/mol. The second kappa shape index (κ2) is 7.82. The van der Waals surface area contributed by atoms with Crippen LogP contribution in [0.3, 0.4) is 0 Å². The first kappa shape index (κ1) is 17.7. The normalized spacial score (nSPS) is 16.8. The molecule has 1 aliphatic heterocycles. The van der Waals surface area contributed by atoms with Gasteiger partial charge in [0.05, 0.1) is 6.42 Å². The molecule has 1 heterocycles. The van der Waals surface area contributed by atoms with E-state index in [1.165, 1.54) is 0 Å². The third-order valence-electron chi connectivity index (χ3n) is 4.24. The molecule has 6 nitrogen and oxygen atoms in total. The number of fused-ring (bicyclic) bond motifs is 1. The predicted molar refractivity (Wildman–Crippen MR) is 94.9 cm³/mol. The number of cyclic esters (lactones) is 1. The molecule has 2 atom stereocenters. The van der Waals surface area contributed by atoms with Crippen molar-refractivity contribution in [2.24, 2.45) is 0 Å². The average molecular weight is 352 g/mol. The fourth-order valence-corrected chi connectivity index (χ4v) is 2.85. The number of hydrogen-bond donors (Lipinski definition) is 2. The first-order valence-electron chi connectivity index (χ1n) is 8.42. The van der Waals surface area contributed by atoms with Crippen molar-refractivity contribution in [3.63, 3.8) is 0 Å². The van der Waals surface area contributed by atoms with E-state index in [0.717, 1.165) is 16.7 Å². The van der Waals surface area contributed by atoms with Gasteiger partial charge in [0.2, 0.25) is 11.8 Å². The van der Waals surface area contributed by atoms with E-state index < -0.39 is 24.0 Å². The Morgan fingerprint density at radius 1 is 1.12 bits per heavy atom. The van der Waals surface area contributed by atoms with Crippen molar-refractivity contribution in [2.45, 2.75) is 32.0 Å². The van der Waals surface area contributed by atoms with Gasteiger partial charge in [-0.2, -0.15) is 0 Å². The van der Waals surface area contributed by atoms with Gasteiger partial charge in [-0.05, 0) is 23.6 Å². The molecule has 2 N–H and O–H groups in total. The fraction of sp³-hybridized carbons (Fsp3) is 0.250. The van der Waals surface area contributed by atoms with Crippen molar-refractivity contribution < 1.29 is 19.1 Å². The van der Waals surface area contributed by atoms with Crippen LogP contribution in [0.25, 0.3) is 0 Å². The minimum Gasteiger partial charge on any atom is -0.459 e. The minimum atomic E-state index is -0.860. The van der Waals surface area contributed by atoms with Crippen LogP contribution in [0.4, 0.5) is 0 Å². The molecule has 0 fully saturated rings. The average Bonchev–Trinajstić information content (AvgIpc) is 2.64. The Bertz CT molecular complexity index is 820. The summed E-state index contributed by atoms with van der Waals surface area (Å²) in [7, 11) is 0. The van der Waals surface area contributed by atoms with Gasteiger partial charge in [-0.25, -0.2) is 4.79 Å². The largest absolute Gasteiger partial charge is 0.459 e. The summed E-state index contributed by atoms with van der Waals surface area (Å²) in [5.41, 5.74) is 2.44. The number of hydrogen-bond acceptors (Lipinski definition) is 4. The second-order valence-electron chi connectivity index (χ2n) is 6.20. The van der Waals surface area contributed by atoms with Crippen molar-refractivity contribution in [3.05, 3.63) is 71.3 Å². The summed E-state index contributed by atoms with van der Waals surface area (Å²) in [6.45, 7) is 1.78. The van der Waals surface area contributed by atoms with Crippen LogP contribution < -0.4 is 10.6 Å². The SMILES string of the molecule is C[C@H](NC(=O)Cc1ccccc1)C(=O)NC1C(=O)OCc2ccccc21. The van der Waals surface area contributed by atoms with Crippen molar-refractivity contribution in [2.75, 3.05) is 0 Å². The van der Waals surface area contributed by atoms with Crippen LogP contribution in [0, 0.1) is 0 Å². The molecule has 0 radical (unpaired) electrons. The molecule has 2 aromatic carbocycles. The molecular weight excluding hydrogens is 332 g/mol. The molecule has 0 bridgehead atoms. The molecule has 2 amide bonds. The highest BCUT2D eigenvalue weighted by Crippen LogP contribution is 2.25.